The van der Waals surface area contributed by atoms with E-state index in [0.29, 0.717) is 17.7 Å². The van der Waals surface area contributed by atoms with Gasteiger partial charge in [-0.15, -0.1) is 0 Å². The molecule has 0 saturated carbocycles. The van der Waals surface area contributed by atoms with Crippen LogP contribution in [0.2, 0.25) is 0 Å². The summed E-state index contributed by atoms with van der Waals surface area (Å²) in [6.07, 6.45) is 7.64. The Morgan fingerprint density at radius 3 is 2.58 bits per heavy atom. The van der Waals surface area contributed by atoms with Crippen molar-refractivity contribution in [3.8, 4) is 0 Å². The molecule has 2 aromatic rings. The molecular weight excluding hydrogens is 332 g/mol. The van der Waals surface area contributed by atoms with E-state index in [0.717, 1.165) is 24.8 Å². The van der Waals surface area contributed by atoms with Crippen LogP contribution in [0.3, 0.4) is 0 Å². The van der Waals surface area contributed by atoms with Crippen molar-refractivity contribution in [1.29, 1.82) is 0 Å². The molecule has 7 nitrogen and oxygen atoms in total. The van der Waals surface area contributed by atoms with Crippen LogP contribution in [0.15, 0.2) is 34.6 Å². The molecule has 7 heteroatoms. The van der Waals surface area contributed by atoms with Crippen LogP contribution in [0.1, 0.15) is 32.1 Å². The number of carbonyl (C=O) groups is 2. The third kappa shape index (κ3) is 3.71. The predicted octanol–water partition coefficient (Wildman–Crippen LogP) is 1.82. The van der Waals surface area contributed by atoms with Gasteiger partial charge in [0.05, 0.1) is 11.0 Å². The van der Waals surface area contributed by atoms with Gasteiger partial charge in [0.2, 0.25) is 0 Å². The number of aromatic nitrogens is 2. The summed E-state index contributed by atoms with van der Waals surface area (Å²) in [5, 5.41) is 5.25. The molecule has 0 unspecified atom stereocenters. The first-order chi connectivity index (χ1) is 12.5. The number of carbonyl (C=O) groups excluding carboxylic acids is 2. The van der Waals surface area contributed by atoms with Crippen molar-refractivity contribution in [2.75, 3.05) is 11.9 Å². The Kier molecular flexibility index (Phi) is 5.25. The van der Waals surface area contributed by atoms with Crippen LogP contribution in [0.5, 0.6) is 0 Å². The first-order valence-electron chi connectivity index (χ1n) is 8.90. The smallest absolute Gasteiger partial charge is 0.328 e. The Hall–Kier alpha value is -2.83. The third-order valence-corrected chi connectivity index (χ3v) is 4.85. The fourth-order valence-corrected chi connectivity index (χ4v) is 3.32. The molecule has 0 radical (unpaired) electrons. The normalized spacial score (nSPS) is 14.2. The van der Waals surface area contributed by atoms with Crippen molar-refractivity contribution >= 4 is 28.5 Å². The van der Waals surface area contributed by atoms with Crippen LogP contribution >= 0.6 is 0 Å². The molecule has 3 rings (SSSR count). The maximum atomic E-state index is 12.1. The summed E-state index contributed by atoms with van der Waals surface area (Å²) in [5.74, 6) is -1.36. The summed E-state index contributed by atoms with van der Waals surface area (Å²) in [6.45, 7) is 0.463. The van der Waals surface area contributed by atoms with E-state index in [9.17, 15) is 14.4 Å². The molecule has 0 saturated heterocycles. The number of hydrogen-bond donors (Lipinski definition) is 2. The van der Waals surface area contributed by atoms with Crippen LogP contribution in [-0.2, 0) is 23.7 Å². The first-order valence-corrected chi connectivity index (χ1v) is 8.90. The molecule has 0 fully saturated rings. The zero-order chi connectivity index (χ0) is 18.7. The van der Waals surface area contributed by atoms with Crippen LogP contribution in [0, 0.1) is 0 Å². The van der Waals surface area contributed by atoms with E-state index in [4.69, 9.17) is 0 Å². The fraction of sp³-hybridized carbons (Fsp3) is 0.421. The first kappa shape index (κ1) is 18.0. The van der Waals surface area contributed by atoms with Gasteiger partial charge in [0.25, 0.3) is 0 Å². The zero-order valence-corrected chi connectivity index (χ0v) is 15.2. The predicted molar refractivity (Wildman–Crippen MR) is 101 cm³/mol. The highest BCUT2D eigenvalue weighted by Crippen LogP contribution is 2.19. The van der Waals surface area contributed by atoms with Gasteiger partial charge in [-0.05, 0) is 50.3 Å². The van der Waals surface area contributed by atoms with Crippen molar-refractivity contribution in [2.24, 2.45) is 14.1 Å². The summed E-state index contributed by atoms with van der Waals surface area (Å²) in [7, 11) is 3.36. The highest BCUT2D eigenvalue weighted by molar-refractivity contribution is 6.39. The topological polar surface area (TPSA) is 85.1 Å². The molecule has 1 aromatic heterocycles. The van der Waals surface area contributed by atoms with Crippen molar-refractivity contribution in [1.82, 2.24) is 14.5 Å². The van der Waals surface area contributed by atoms with Gasteiger partial charge in [-0.2, -0.15) is 0 Å². The Labute approximate surface area is 151 Å². The summed E-state index contributed by atoms with van der Waals surface area (Å²) < 4.78 is 3.04. The van der Waals surface area contributed by atoms with Crippen molar-refractivity contribution in [2.45, 2.75) is 32.1 Å². The van der Waals surface area contributed by atoms with E-state index in [1.807, 2.05) is 0 Å². The third-order valence-electron chi connectivity index (χ3n) is 4.85. The monoisotopic (exact) mass is 356 g/mol. The molecule has 0 aliphatic heterocycles. The number of amides is 2. The summed E-state index contributed by atoms with van der Waals surface area (Å²) in [5.41, 5.74) is 3.15. The number of hydrogen-bond acceptors (Lipinski definition) is 3. The van der Waals surface area contributed by atoms with Gasteiger partial charge in [0.1, 0.15) is 0 Å². The zero-order valence-electron chi connectivity index (χ0n) is 15.2. The largest absolute Gasteiger partial charge is 0.348 e. The van der Waals surface area contributed by atoms with Gasteiger partial charge in [0.15, 0.2) is 0 Å². The van der Waals surface area contributed by atoms with E-state index < -0.39 is 11.8 Å². The van der Waals surface area contributed by atoms with Crippen LogP contribution in [0.4, 0.5) is 5.69 Å². The molecule has 2 amide bonds. The van der Waals surface area contributed by atoms with Gasteiger partial charge >= 0.3 is 17.5 Å². The number of nitrogens with one attached hydrogen (secondary N) is 2. The van der Waals surface area contributed by atoms with E-state index >= 15 is 0 Å². The lowest BCUT2D eigenvalue weighted by Crippen LogP contribution is -2.36. The van der Waals surface area contributed by atoms with Gasteiger partial charge in [-0.3, -0.25) is 18.7 Å². The molecular formula is C19H24N4O3. The lowest BCUT2D eigenvalue weighted by Gasteiger charge is -2.13. The highest BCUT2D eigenvalue weighted by atomic mass is 16.2. The van der Waals surface area contributed by atoms with E-state index in [1.165, 1.54) is 27.5 Å². The molecule has 2 N–H and O–H groups in total. The van der Waals surface area contributed by atoms with Crippen molar-refractivity contribution in [3.05, 3.63) is 40.3 Å². The standard InChI is InChI=1S/C19H24N4O3/c1-22-15-9-8-14(12-16(15)23(2)19(22)26)21-18(25)17(24)20-11-10-13-6-4-3-5-7-13/h6,8-9,12H,3-5,7,10-11H2,1-2H3,(H,20,24)(H,21,25). The second-order valence-corrected chi connectivity index (χ2v) is 6.67. The minimum Gasteiger partial charge on any atom is -0.348 e. The van der Waals surface area contributed by atoms with Gasteiger partial charge in [-0.1, -0.05) is 11.6 Å². The molecule has 26 heavy (non-hydrogen) atoms. The Balaban J connectivity index is 1.59. The molecule has 0 bridgehead atoms. The molecule has 0 spiro atoms. The average molecular weight is 356 g/mol. The Morgan fingerprint density at radius 2 is 1.85 bits per heavy atom. The lowest BCUT2D eigenvalue weighted by molar-refractivity contribution is -0.136. The maximum Gasteiger partial charge on any atom is 0.328 e. The maximum absolute atomic E-state index is 12.1. The van der Waals surface area contributed by atoms with Crippen molar-refractivity contribution in [3.63, 3.8) is 0 Å². The average Bonchev–Trinajstić information content (AvgIpc) is 2.86. The van der Waals surface area contributed by atoms with E-state index in [2.05, 4.69) is 16.7 Å². The second-order valence-electron chi connectivity index (χ2n) is 6.67. The Morgan fingerprint density at radius 1 is 1.08 bits per heavy atom. The summed E-state index contributed by atoms with van der Waals surface area (Å²) in [6, 6.07) is 5.12. The minimum atomic E-state index is -0.706. The number of anilines is 1. The number of allylic oxidation sites excluding steroid dienone is 1. The number of benzene rings is 1. The van der Waals surface area contributed by atoms with E-state index in [-0.39, 0.29) is 5.69 Å². The quantitative estimate of drug-likeness (QED) is 0.647. The second kappa shape index (κ2) is 7.59. The lowest BCUT2D eigenvalue weighted by atomic mass is 9.97. The van der Waals surface area contributed by atoms with E-state index in [1.54, 1.807) is 32.3 Å². The molecule has 1 aliphatic carbocycles. The SMILES string of the molecule is Cn1c(=O)n(C)c2cc(NC(=O)C(=O)NCCC3=CCCCC3)ccc21. The van der Waals surface area contributed by atoms with Crippen LogP contribution in [-0.4, -0.2) is 27.5 Å². The van der Waals surface area contributed by atoms with Gasteiger partial charge in [-0.25, -0.2) is 4.79 Å². The highest BCUT2D eigenvalue weighted by Gasteiger charge is 2.15. The fourth-order valence-electron chi connectivity index (χ4n) is 3.32. The summed E-state index contributed by atoms with van der Waals surface area (Å²) in [4.78, 5) is 36.0. The minimum absolute atomic E-state index is 0.141. The number of imidazole rings is 1. The number of aryl methyl sites for hydroxylation is 2. The van der Waals surface area contributed by atoms with Gasteiger partial charge < -0.3 is 10.6 Å². The van der Waals surface area contributed by atoms with Gasteiger partial charge in [0, 0.05) is 26.3 Å². The van der Waals surface area contributed by atoms with Crippen LogP contribution in [0.25, 0.3) is 11.0 Å². The molecule has 0 atom stereocenters. The molecule has 1 aliphatic rings. The number of rotatable bonds is 4. The molecule has 138 valence electrons. The number of nitrogens with zero attached hydrogens (tertiary/aromatic N) is 2. The molecule has 1 heterocycles. The van der Waals surface area contributed by atoms with Crippen LogP contribution < -0.4 is 16.3 Å². The molecule has 1 aromatic carbocycles. The van der Waals surface area contributed by atoms with Crippen molar-refractivity contribution < 1.29 is 9.59 Å². The number of fused-ring (bicyclic) bond motifs is 1. The Bertz CT molecular complexity index is 936. The summed E-state index contributed by atoms with van der Waals surface area (Å²) >= 11 is 0.